The van der Waals surface area contributed by atoms with Crippen molar-refractivity contribution in [3.05, 3.63) is 0 Å². The Kier molecular flexibility index (Phi) is 34.4. The van der Waals surface area contributed by atoms with E-state index in [1.54, 1.807) is 0 Å². The molecule has 0 aromatic carbocycles. The molecule has 0 atom stereocenters. The minimum absolute atomic E-state index is 0. The monoisotopic (exact) mass is 536 g/mol. The first kappa shape index (κ1) is 46.9. The van der Waals surface area contributed by atoms with E-state index in [2.05, 4.69) is 0 Å². The summed E-state index contributed by atoms with van der Waals surface area (Å²) in [5, 5.41) is 0. The van der Waals surface area contributed by atoms with Crippen LogP contribution in [-0.2, 0) is 22.8 Å². The third-order valence-electron chi connectivity index (χ3n) is 0. The van der Waals surface area contributed by atoms with Crippen LogP contribution in [0.15, 0.2) is 0 Å². The maximum absolute atomic E-state index is 8.77. The largest absolute Gasteiger partial charge is 3.00 e. The maximum atomic E-state index is 8.77. The van der Waals surface area contributed by atoms with Crippen molar-refractivity contribution < 1.29 is 96.2 Å². The molecule has 27 heteroatoms. The predicted octanol–water partition coefficient (Wildman–Crippen LogP) is -8.56. The fourth-order valence-corrected chi connectivity index (χ4v) is 0. The van der Waals surface area contributed by atoms with Crippen LogP contribution in [0.5, 0.6) is 0 Å². The zero-order chi connectivity index (χ0) is 22.5. The molecular formula is H10AlMgO20P5. The average molecular weight is 536 g/mol. The molecule has 160 valence electrons. The van der Waals surface area contributed by atoms with Crippen molar-refractivity contribution in [3.8, 4) is 0 Å². The van der Waals surface area contributed by atoms with E-state index in [4.69, 9.17) is 96.2 Å². The fourth-order valence-electron chi connectivity index (χ4n) is 0. The molecule has 0 aromatic rings. The van der Waals surface area contributed by atoms with Gasteiger partial charge in [0.25, 0.3) is 39.1 Å². The summed E-state index contributed by atoms with van der Waals surface area (Å²) in [5.41, 5.74) is 0. The van der Waals surface area contributed by atoms with Gasteiger partial charge in [-0.15, -0.1) is 0 Å². The molecule has 27 heavy (non-hydrogen) atoms. The Balaban J connectivity index is -0.0000000364. The van der Waals surface area contributed by atoms with Crippen molar-refractivity contribution in [2.24, 2.45) is 0 Å². The Morgan fingerprint density at radius 1 is 0.370 bits per heavy atom. The van der Waals surface area contributed by atoms with Gasteiger partial charge in [-0.1, -0.05) is 0 Å². The number of phosphoric acid groups is 5. The van der Waals surface area contributed by atoms with Crippen molar-refractivity contribution in [1.82, 2.24) is 0 Å². The minimum Gasteiger partial charge on any atom is -0.756 e. The second-order valence-corrected chi connectivity index (χ2v) is 7.36. The molecule has 0 bridgehead atoms. The minimum atomic E-state index is -4.89. The SMILES string of the molecule is O=P([O-])(O)O.O=P([O-])(O)O.O=P([O-])(O)O.O=P([O-])(O)O.O=P([O-])(O)O.[Al+3].[Mg+2]. The summed E-state index contributed by atoms with van der Waals surface area (Å²) in [7, 11) is -24.4. The van der Waals surface area contributed by atoms with Gasteiger partial charge < -0.3 is 73.4 Å². The van der Waals surface area contributed by atoms with Gasteiger partial charge in [-0.05, 0) is 0 Å². The molecular weight excluding hydrogens is 526 g/mol. The van der Waals surface area contributed by atoms with Gasteiger partial charge >= 0.3 is 40.4 Å². The van der Waals surface area contributed by atoms with Crippen LogP contribution in [0.1, 0.15) is 0 Å². The number of hydrogen-bond acceptors (Lipinski definition) is 10. The second kappa shape index (κ2) is 19.8. The predicted molar refractivity (Wildman–Crippen MR) is 71.7 cm³/mol. The zero-order valence-electron chi connectivity index (χ0n) is 12.1. The van der Waals surface area contributed by atoms with Crippen molar-refractivity contribution in [2.45, 2.75) is 0 Å². The molecule has 0 saturated carbocycles. The third-order valence-corrected chi connectivity index (χ3v) is 0. The Labute approximate surface area is 175 Å². The van der Waals surface area contributed by atoms with Gasteiger partial charge in [-0.2, -0.15) is 0 Å². The molecule has 0 rings (SSSR count). The molecule has 0 radical (unpaired) electrons. The Bertz CT molecular complexity index is 377. The van der Waals surface area contributed by atoms with E-state index in [9.17, 15) is 0 Å². The Morgan fingerprint density at radius 3 is 0.370 bits per heavy atom. The normalized spacial score (nSPS) is 10.9. The van der Waals surface area contributed by atoms with Crippen LogP contribution in [0.2, 0.25) is 0 Å². The van der Waals surface area contributed by atoms with Crippen LogP contribution in [0.4, 0.5) is 0 Å². The first-order valence-electron chi connectivity index (χ1n) is 3.83. The molecule has 20 nitrogen and oxygen atoms in total. The molecule has 0 aromatic heterocycles. The van der Waals surface area contributed by atoms with Gasteiger partial charge in [-0.25, -0.2) is 0 Å². The van der Waals surface area contributed by atoms with Crippen LogP contribution in [0.3, 0.4) is 0 Å². The molecule has 0 spiro atoms. The Hall–Kier alpha value is 1.85. The van der Waals surface area contributed by atoms with Gasteiger partial charge in [0.2, 0.25) is 0 Å². The first-order valence-corrected chi connectivity index (χ1v) is 11.5. The number of hydrogen-bond donors (Lipinski definition) is 10. The summed E-state index contributed by atoms with van der Waals surface area (Å²) in [6.07, 6.45) is 0. The van der Waals surface area contributed by atoms with E-state index in [-0.39, 0.29) is 40.4 Å². The van der Waals surface area contributed by atoms with E-state index in [1.807, 2.05) is 0 Å². The molecule has 0 unspecified atom stereocenters. The van der Waals surface area contributed by atoms with E-state index in [1.165, 1.54) is 0 Å². The topological polar surface area (TPSA) is 403 Å². The van der Waals surface area contributed by atoms with E-state index < -0.39 is 39.1 Å². The van der Waals surface area contributed by atoms with E-state index >= 15 is 0 Å². The molecule has 0 aliphatic carbocycles. The van der Waals surface area contributed by atoms with Crippen LogP contribution in [0, 0.1) is 0 Å². The summed E-state index contributed by atoms with van der Waals surface area (Å²) in [4.78, 5) is 115. The van der Waals surface area contributed by atoms with Crippen molar-refractivity contribution in [2.75, 3.05) is 0 Å². The molecule has 0 amide bonds. The van der Waals surface area contributed by atoms with Crippen LogP contribution >= 0.6 is 39.1 Å². The summed E-state index contributed by atoms with van der Waals surface area (Å²) in [5.74, 6) is 0. The van der Waals surface area contributed by atoms with Crippen LogP contribution < -0.4 is 24.5 Å². The third kappa shape index (κ3) is 5440. The molecule has 0 aliphatic rings. The maximum Gasteiger partial charge on any atom is 3.00 e. The molecule has 0 saturated heterocycles. The summed E-state index contributed by atoms with van der Waals surface area (Å²) >= 11 is 0. The zero-order valence-corrected chi connectivity index (χ0v) is 19.1. The van der Waals surface area contributed by atoms with Crippen LogP contribution in [0.25, 0.3) is 0 Å². The quantitative estimate of drug-likeness (QED) is 0.101. The van der Waals surface area contributed by atoms with Gasteiger partial charge in [-0.3, -0.25) is 22.8 Å². The second-order valence-electron chi connectivity index (χ2n) is 2.45. The van der Waals surface area contributed by atoms with E-state index in [0.29, 0.717) is 0 Å². The average Bonchev–Trinajstić information content (AvgIpc) is 1.79. The van der Waals surface area contributed by atoms with Crippen LogP contribution in [-0.4, -0.2) is 89.3 Å². The van der Waals surface area contributed by atoms with Gasteiger partial charge in [0.15, 0.2) is 0 Å². The van der Waals surface area contributed by atoms with Gasteiger partial charge in [0.1, 0.15) is 0 Å². The molecule has 10 N–H and O–H groups in total. The standard InChI is InChI=1S/Al.Mg.5H3O4P/c;;5*1-5(2,3)4/h;;5*(H3,1,2,3,4)/q+3;+2;;;;;/p-5. The molecule has 0 heterocycles. The molecule has 0 fully saturated rings. The summed E-state index contributed by atoms with van der Waals surface area (Å²) < 4.78 is 43.9. The van der Waals surface area contributed by atoms with Crippen molar-refractivity contribution in [1.29, 1.82) is 0 Å². The summed E-state index contributed by atoms with van der Waals surface area (Å²) in [6, 6.07) is 0. The van der Waals surface area contributed by atoms with E-state index in [0.717, 1.165) is 0 Å². The van der Waals surface area contributed by atoms with Crippen molar-refractivity contribution >= 4 is 79.5 Å². The first-order chi connectivity index (χ1) is 10.0. The van der Waals surface area contributed by atoms with Crippen molar-refractivity contribution in [3.63, 3.8) is 0 Å². The van der Waals surface area contributed by atoms with Gasteiger partial charge in [0.05, 0.1) is 0 Å². The molecule has 0 aliphatic heterocycles. The smallest absolute Gasteiger partial charge is 0.756 e. The van der Waals surface area contributed by atoms with Gasteiger partial charge in [0, 0.05) is 0 Å². The summed E-state index contributed by atoms with van der Waals surface area (Å²) in [6.45, 7) is 0. The Morgan fingerprint density at radius 2 is 0.370 bits per heavy atom. The fraction of sp³-hybridized carbons (Fsp3) is 0. The number of rotatable bonds is 0.